The first-order chi connectivity index (χ1) is 8.69. The molecule has 0 saturated carbocycles. The molecule has 0 fully saturated rings. The predicted octanol–water partition coefficient (Wildman–Crippen LogP) is 2.39. The first kappa shape index (κ1) is 12.4. The molecule has 0 aliphatic heterocycles. The molecule has 1 unspecified atom stereocenters. The van der Waals surface area contributed by atoms with Crippen LogP contribution in [0.3, 0.4) is 0 Å². The van der Waals surface area contributed by atoms with Gasteiger partial charge in [0, 0.05) is 24.9 Å². The Morgan fingerprint density at radius 2 is 2.22 bits per heavy atom. The van der Waals surface area contributed by atoms with Crippen molar-refractivity contribution in [3.05, 3.63) is 36.3 Å². The lowest BCUT2D eigenvalue weighted by Gasteiger charge is -2.13. The van der Waals surface area contributed by atoms with Gasteiger partial charge in [-0.3, -0.25) is 4.68 Å². The molecule has 5 nitrogen and oxygen atoms in total. The summed E-state index contributed by atoms with van der Waals surface area (Å²) in [6, 6.07) is 4.02. The van der Waals surface area contributed by atoms with E-state index >= 15 is 0 Å². The first-order valence-corrected chi connectivity index (χ1v) is 6.03. The summed E-state index contributed by atoms with van der Waals surface area (Å²) in [5.41, 5.74) is 2.11. The smallest absolute Gasteiger partial charge is 0.213 e. The predicted molar refractivity (Wildman–Crippen MR) is 70.7 cm³/mol. The maximum atomic E-state index is 5.30. The normalized spacial score (nSPS) is 12.2. The van der Waals surface area contributed by atoms with Crippen molar-refractivity contribution >= 4 is 5.69 Å². The van der Waals surface area contributed by atoms with Crippen LogP contribution in [0.2, 0.25) is 0 Å². The highest BCUT2D eigenvalue weighted by Gasteiger charge is 2.07. The molecule has 0 aliphatic carbocycles. The van der Waals surface area contributed by atoms with Crippen molar-refractivity contribution in [3.63, 3.8) is 0 Å². The van der Waals surface area contributed by atoms with E-state index in [-0.39, 0.29) is 6.04 Å². The maximum absolute atomic E-state index is 5.30. The number of aromatic nitrogens is 3. The number of hydrogen-bond acceptors (Lipinski definition) is 4. The van der Waals surface area contributed by atoms with Crippen LogP contribution in [-0.2, 0) is 7.05 Å². The Bertz CT molecular complexity index is 492. The van der Waals surface area contributed by atoms with E-state index in [1.54, 1.807) is 10.9 Å². The van der Waals surface area contributed by atoms with Crippen LogP contribution in [0, 0.1) is 0 Å². The second-order valence-electron chi connectivity index (χ2n) is 4.13. The Morgan fingerprint density at radius 1 is 1.39 bits per heavy atom. The largest absolute Gasteiger partial charge is 0.478 e. The highest BCUT2D eigenvalue weighted by Crippen LogP contribution is 2.19. The Kier molecular flexibility index (Phi) is 3.82. The van der Waals surface area contributed by atoms with E-state index in [2.05, 4.69) is 22.3 Å². The van der Waals surface area contributed by atoms with Gasteiger partial charge < -0.3 is 10.1 Å². The number of rotatable bonds is 5. The molecule has 1 N–H and O–H groups in total. The van der Waals surface area contributed by atoms with Crippen LogP contribution in [0.1, 0.15) is 25.5 Å². The molecule has 0 radical (unpaired) electrons. The number of pyridine rings is 1. The van der Waals surface area contributed by atoms with Crippen LogP contribution in [0.5, 0.6) is 5.88 Å². The molecule has 96 valence electrons. The minimum atomic E-state index is 0.193. The minimum Gasteiger partial charge on any atom is -0.478 e. The van der Waals surface area contributed by atoms with Gasteiger partial charge >= 0.3 is 0 Å². The van der Waals surface area contributed by atoms with Gasteiger partial charge in [0.2, 0.25) is 5.88 Å². The summed E-state index contributed by atoms with van der Waals surface area (Å²) in [6.07, 6.45) is 5.64. The molecule has 0 spiro atoms. The highest BCUT2D eigenvalue weighted by atomic mass is 16.5. The Labute approximate surface area is 107 Å². The van der Waals surface area contributed by atoms with Crippen LogP contribution >= 0.6 is 0 Å². The quantitative estimate of drug-likeness (QED) is 0.880. The molecular formula is C13H18N4O. The maximum Gasteiger partial charge on any atom is 0.213 e. The van der Waals surface area contributed by atoms with Crippen molar-refractivity contribution in [2.75, 3.05) is 11.9 Å². The molecular weight excluding hydrogens is 228 g/mol. The van der Waals surface area contributed by atoms with Gasteiger partial charge in [-0.1, -0.05) is 0 Å². The Balaban J connectivity index is 2.00. The topological polar surface area (TPSA) is 52.0 Å². The third-order valence-corrected chi connectivity index (χ3v) is 2.64. The molecule has 2 aromatic heterocycles. The summed E-state index contributed by atoms with van der Waals surface area (Å²) in [7, 11) is 1.91. The lowest BCUT2D eigenvalue weighted by Crippen LogP contribution is -2.06. The van der Waals surface area contributed by atoms with Crippen LogP contribution < -0.4 is 10.1 Å². The zero-order valence-corrected chi connectivity index (χ0v) is 10.9. The summed E-state index contributed by atoms with van der Waals surface area (Å²) in [5.74, 6) is 0.650. The lowest BCUT2D eigenvalue weighted by molar-refractivity contribution is 0.327. The molecule has 18 heavy (non-hydrogen) atoms. The van der Waals surface area contributed by atoms with Crippen LogP contribution in [0.25, 0.3) is 0 Å². The first-order valence-electron chi connectivity index (χ1n) is 6.03. The average Bonchev–Trinajstić information content (AvgIpc) is 2.79. The van der Waals surface area contributed by atoms with Gasteiger partial charge in [0.05, 0.1) is 30.7 Å². The van der Waals surface area contributed by atoms with E-state index in [9.17, 15) is 0 Å². The Morgan fingerprint density at radius 3 is 2.78 bits per heavy atom. The number of anilines is 1. The zero-order valence-electron chi connectivity index (χ0n) is 10.9. The van der Waals surface area contributed by atoms with Crippen molar-refractivity contribution in [2.24, 2.45) is 7.05 Å². The van der Waals surface area contributed by atoms with Gasteiger partial charge in [-0.25, -0.2) is 4.98 Å². The summed E-state index contributed by atoms with van der Waals surface area (Å²) in [4.78, 5) is 4.21. The van der Waals surface area contributed by atoms with Crippen molar-refractivity contribution in [1.82, 2.24) is 14.8 Å². The third-order valence-electron chi connectivity index (χ3n) is 2.64. The molecule has 2 rings (SSSR count). The molecule has 0 amide bonds. The fourth-order valence-corrected chi connectivity index (χ4v) is 1.70. The fourth-order valence-electron chi connectivity index (χ4n) is 1.70. The molecule has 5 heteroatoms. The summed E-state index contributed by atoms with van der Waals surface area (Å²) in [6.45, 7) is 4.66. The molecule has 0 aliphatic rings. The summed E-state index contributed by atoms with van der Waals surface area (Å²) in [5, 5.41) is 7.53. The van der Waals surface area contributed by atoms with E-state index in [0.717, 1.165) is 11.3 Å². The van der Waals surface area contributed by atoms with Crippen molar-refractivity contribution in [3.8, 4) is 5.88 Å². The SMILES string of the molecule is CCOc1ccc(NC(C)c2cnn(C)c2)cn1. The van der Waals surface area contributed by atoms with Gasteiger partial charge in [-0.2, -0.15) is 5.10 Å². The number of nitrogens with one attached hydrogen (secondary N) is 1. The van der Waals surface area contributed by atoms with Gasteiger partial charge in [0.15, 0.2) is 0 Å². The number of nitrogens with zero attached hydrogens (tertiary/aromatic N) is 3. The van der Waals surface area contributed by atoms with Crippen molar-refractivity contribution in [1.29, 1.82) is 0 Å². The molecule has 1 atom stereocenters. The van der Waals surface area contributed by atoms with E-state index in [0.29, 0.717) is 12.5 Å². The lowest BCUT2D eigenvalue weighted by atomic mass is 10.2. The van der Waals surface area contributed by atoms with Crippen molar-refractivity contribution < 1.29 is 4.74 Å². The Hall–Kier alpha value is -2.04. The average molecular weight is 246 g/mol. The van der Waals surface area contributed by atoms with Gasteiger partial charge in [0.25, 0.3) is 0 Å². The van der Waals surface area contributed by atoms with Crippen LogP contribution in [0.4, 0.5) is 5.69 Å². The van der Waals surface area contributed by atoms with Gasteiger partial charge in [-0.15, -0.1) is 0 Å². The molecule has 0 saturated heterocycles. The zero-order chi connectivity index (χ0) is 13.0. The molecule has 0 aromatic carbocycles. The number of hydrogen-bond donors (Lipinski definition) is 1. The summed E-state index contributed by atoms with van der Waals surface area (Å²) < 4.78 is 7.10. The highest BCUT2D eigenvalue weighted by molar-refractivity contribution is 5.44. The van der Waals surface area contributed by atoms with Crippen molar-refractivity contribution in [2.45, 2.75) is 19.9 Å². The second kappa shape index (κ2) is 5.53. The fraction of sp³-hybridized carbons (Fsp3) is 0.385. The van der Waals surface area contributed by atoms with E-state index in [4.69, 9.17) is 4.74 Å². The number of aryl methyl sites for hydroxylation is 1. The number of ether oxygens (including phenoxy) is 1. The molecule has 2 aromatic rings. The standard InChI is InChI=1S/C13H18N4O/c1-4-18-13-6-5-12(8-14-13)16-10(2)11-7-15-17(3)9-11/h5-10,16H,4H2,1-3H3. The van der Waals surface area contributed by atoms with E-state index < -0.39 is 0 Å². The van der Waals surface area contributed by atoms with Crippen LogP contribution in [-0.4, -0.2) is 21.4 Å². The van der Waals surface area contributed by atoms with E-state index in [1.165, 1.54) is 0 Å². The van der Waals surface area contributed by atoms with Gasteiger partial charge in [0.1, 0.15) is 0 Å². The van der Waals surface area contributed by atoms with E-state index in [1.807, 2.05) is 38.5 Å². The molecule has 2 heterocycles. The summed E-state index contributed by atoms with van der Waals surface area (Å²) >= 11 is 0. The van der Waals surface area contributed by atoms with Crippen LogP contribution in [0.15, 0.2) is 30.7 Å². The minimum absolute atomic E-state index is 0.193. The molecule has 0 bridgehead atoms. The third kappa shape index (κ3) is 3.00. The van der Waals surface area contributed by atoms with Gasteiger partial charge in [-0.05, 0) is 19.9 Å². The second-order valence-corrected chi connectivity index (χ2v) is 4.13. The monoisotopic (exact) mass is 246 g/mol.